The Labute approximate surface area is 707 Å². The van der Waals surface area contributed by atoms with E-state index in [4.69, 9.17) is 15.3 Å². The molecule has 28 heteroatoms. The summed E-state index contributed by atoms with van der Waals surface area (Å²) in [5.41, 5.74) is 4.74. The highest BCUT2D eigenvalue weighted by molar-refractivity contribution is 8.00. The van der Waals surface area contributed by atoms with Gasteiger partial charge in [-0.25, -0.2) is 14.4 Å². The second-order valence-electron chi connectivity index (χ2n) is 30.6. The average molecular weight is 1670 g/mol. The number of amides is 6. The fourth-order valence-electron chi connectivity index (χ4n) is 15.2. The van der Waals surface area contributed by atoms with Crippen molar-refractivity contribution in [2.45, 2.75) is 141 Å². The van der Waals surface area contributed by atoms with Crippen LogP contribution in [0.15, 0.2) is 191 Å². The molecule has 27 nitrogen and oxygen atoms in total. The number of ketones is 6. The first-order chi connectivity index (χ1) is 56.9. The number of Topliss-reactive ketones (excluding diaryl/α,β-unsaturated/α-hetero) is 5. The zero-order valence-electron chi connectivity index (χ0n) is 68.5. The minimum atomic E-state index is -0.971. The maximum Gasteiger partial charge on any atom is 0.339 e. The number of nitrogens with zero attached hydrogens (tertiary/aromatic N) is 5. The van der Waals surface area contributed by atoms with Gasteiger partial charge < -0.3 is 28.9 Å². The Kier molecular flexibility index (Phi) is 28.4. The zero-order valence-corrected chi connectivity index (χ0v) is 69.3. The third kappa shape index (κ3) is 18.8. The quantitative estimate of drug-likeness (QED) is 0.0142. The second-order valence-corrected chi connectivity index (χ2v) is 31.7. The molecule has 0 fully saturated rings. The summed E-state index contributed by atoms with van der Waals surface area (Å²) in [6.45, 7) is 19.2. The number of terminal acetylenes is 1. The van der Waals surface area contributed by atoms with Gasteiger partial charge in [0.2, 0.25) is 11.8 Å². The molecule has 13 rings (SSSR count). The van der Waals surface area contributed by atoms with Gasteiger partial charge in [0.1, 0.15) is 16.9 Å². The summed E-state index contributed by atoms with van der Waals surface area (Å²) in [6.07, 6.45) is 10.7. The Morgan fingerprint density at radius 3 is 1.48 bits per heavy atom. The number of rotatable bonds is 24. The number of methoxy groups -OCH3 is 2. The number of carbonyl (C=O) groups is 14. The lowest BCUT2D eigenvalue weighted by molar-refractivity contribution is -0.141. The highest BCUT2D eigenvalue weighted by Crippen LogP contribution is 2.43. The molecule has 0 bridgehead atoms. The van der Waals surface area contributed by atoms with Crippen molar-refractivity contribution < 1.29 is 85.4 Å². The van der Waals surface area contributed by atoms with Crippen molar-refractivity contribution in [3.05, 3.63) is 232 Å². The maximum absolute atomic E-state index is 13.9. The van der Waals surface area contributed by atoms with Gasteiger partial charge >= 0.3 is 23.2 Å². The fraction of sp³-hybridized carbons (Fsp3) is 0.298. The standard InChI is InChI=1S/C46H43N5O10S.C29H30N2O5.C17H12O5.2CH4/c1-23-24(2)42(56)40(25(3)41(23)55)46(4,5)21-37(53)47-32-14-13-31-39-29(32)9-8-10-30(39)43(57)51(44(31)58)16-15-50-22-33(48-49-50)26-11-12-27-17-28(45(59)61-35(27)19-26)18-34(52)36(62-7)20-38(54)60-6;1-7-13-31-27(35)19-10-8-9-18-21(12-11-20(23(18)19)28(31)36)30-22(32)14-29(5,6)24-17(4)25(33)15(2)16(3)26(24)34;1-3-11-4-5-12-9-13(17(20)22-15(12)8-11)10-14(18)6-7-16(19)21-2;;/h8-14,17,19,22,36H,15-16,18,20-21H2,1-7H3,(H,47,53);8-12H,7,13-14H2,1-6H3,(H,30,32);1,4-9H,10H2,2H3;2*1H4/b;;7-6-;;. The number of hydrogen-bond donors (Lipinski definition) is 2. The lowest BCUT2D eigenvalue weighted by atomic mass is 9.71. The summed E-state index contributed by atoms with van der Waals surface area (Å²) >= 11 is 1.21. The minimum Gasteiger partial charge on any atom is -0.469 e. The largest absolute Gasteiger partial charge is 0.469 e. The van der Waals surface area contributed by atoms with Crippen LogP contribution in [-0.4, -0.2) is 146 Å². The van der Waals surface area contributed by atoms with E-state index in [2.05, 4.69) is 36.3 Å². The summed E-state index contributed by atoms with van der Waals surface area (Å²) in [7, 11) is 2.46. The highest BCUT2D eigenvalue weighted by Gasteiger charge is 2.42. The van der Waals surface area contributed by atoms with Gasteiger partial charge in [-0.2, -0.15) is 11.8 Å². The number of aromatic nitrogens is 3. The van der Waals surface area contributed by atoms with Crippen molar-refractivity contribution in [3.63, 3.8) is 0 Å². The predicted molar refractivity (Wildman–Crippen MR) is 463 cm³/mol. The van der Waals surface area contributed by atoms with Crippen molar-refractivity contribution in [3.8, 4) is 23.6 Å². The molecule has 122 heavy (non-hydrogen) atoms. The molecule has 630 valence electrons. The average Bonchev–Trinajstić information content (AvgIpc) is 0.785. The number of nitrogens with one attached hydrogen (secondary N) is 2. The van der Waals surface area contributed by atoms with Crippen molar-refractivity contribution in [2.24, 2.45) is 10.8 Å². The third-order valence-corrected chi connectivity index (χ3v) is 22.6. The fourth-order valence-corrected chi connectivity index (χ4v) is 15.9. The SMILES string of the molecule is C.C.C#Cc1ccc2cc(CC(=O)/C=C\C(=O)OC)c(=O)oc2c1.CCCN1C(=O)c2cccc3c(NC(=O)CC(C)(C)C4=C(C)C(=O)C(C)=C(C)C4=O)ccc(c23)C1=O.COC(=O)CC(SC)C(=O)Cc1cc2ccc(-c3cn(CCN4C(=O)c5cccc6c(NC(=O)CC(C)(C)C7=C(C)C(=O)C(C)=C(C)C7=O)ccc(c56)C4=O)nn3)cc2oc1=O. The molecule has 1 atom stereocenters. The first-order valence-electron chi connectivity index (χ1n) is 38.2. The van der Waals surface area contributed by atoms with Crippen molar-refractivity contribution >= 4 is 149 Å². The van der Waals surface area contributed by atoms with Gasteiger partial charge in [0.05, 0.1) is 38.6 Å². The molecule has 0 saturated heterocycles. The van der Waals surface area contributed by atoms with Crippen LogP contribution in [0.3, 0.4) is 0 Å². The van der Waals surface area contributed by atoms with E-state index in [9.17, 15) is 76.7 Å². The normalized spacial score (nSPS) is 14.3. The first kappa shape index (κ1) is 92.1. The number of imide groups is 2. The second kappa shape index (κ2) is 37.6. The van der Waals surface area contributed by atoms with Gasteiger partial charge in [0.15, 0.2) is 34.7 Å². The Balaban J connectivity index is 0.000000236. The van der Waals surface area contributed by atoms with Crippen LogP contribution in [0.2, 0.25) is 0 Å². The van der Waals surface area contributed by atoms with Gasteiger partial charge in [-0.1, -0.05) is 97.0 Å². The Hall–Kier alpha value is -13.8. The molecule has 0 radical (unpaired) electrons. The van der Waals surface area contributed by atoms with Crippen LogP contribution in [0.5, 0.6) is 0 Å². The lowest BCUT2D eigenvalue weighted by Gasteiger charge is -2.31. The number of carbonyl (C=O) groups excluding carboxylic acids is 14. The first-order valence-corrected chi connectivity index (χ1v) is 39.5. The summed E-state index contributed by atoms with van der Waals surface area (Å²) in [4.78, 5) is 207. The predicted octanol–water partition coefficient (Wildman–Crippen LogP) is 14.0. The molecular formula is C94H93N7O20S. The van der Waals surface area contributed by atoms with Crippen LogP contribution in [0.4, 0.5) is 11.4 Å². The number of anilines is 2. The topological polar surface area (TPSA) is 379 Å². The van der Waals surface area contributed by atoms with Gasteiger partial charge in [-0.05, 0) is 133 Å². The monoisotopic (exact) mass is 1670 g/mol. The van der Waals surface area contributed by atoms with Crippen LogP contribution in [0.1, 0.15) is 175 Å². The number of hydrogen-bond acceptors (Lipinski definition) is 23. The molecule has 6 amide bonds. The summed E-state index contributed by atoms with van der Waals surface area (Å²) in [5, 5.41) is 16.9. The Bertz CT molecular complexity index is 6300. The molecular weight excluding hydrogens is 1580 g/mol. The molecule has 0 saturated carbocycles. The van der Waals surface area contributed by atoms with E-state index in [1.807, 2.05) is 6.92 Å². The number of benzene rings is 6. The van der Waals surface area contributed by atoms with Crippen LogP contribution < -0.4 is 21.9 Å². The van der Waals surface area contributed by atoms with Crippen LogP contribution in [-0.2, 0) is 76.8 Å². The van der Waals surface area contributed by atoms with Gasteiger partial charge in [-0.3, -0.25) is 76.8 Å². The van der Waals surface area contributed by atoms with E-state index in [1.165, 1.54) is 35.6 Å². The Morgan fingerprint density at radius 2 is 1.01 bits per heavy atom. The van der Waals surface area contributed by atoms with E-state index in [0.29, 0.717) is 135 Å². The molecule has 4 aliphatic rings. The van der Waals surface area contributed by atoms with Gasteiger partial charge in [-0.15, -0.1) is 11.5 Å². The zero-order chi connectivity index (χ0) is 87.4. The van der Waals surface area contributed by atoms with Crippen LogP contribution >= 0.6 is 11.8 Å². The molecule has 1 unspecified atom stereocenters. The van der Waals surface area contributed by atoms with E-state index in [1.54, 1.807) is 191 Å². The van der Waals surface area contributed by atoms with E-state index in [-0.39, 0.29) is 135 Å². The van der Waals surface area contributed by atoms with Crippen LogP contribution in [0.25, 0.3) is 54.7 Å². The molecule has 9 aromatic rings. The van der Waals surface area contributed by atoms with Crippen molar-refractivity contribution in [1.29, 1.82) is 0 Å². The van der Waals surface area contributed by atoms with Crippen molar-refractivity contribution in [1.82, 2.24) is 24.8 Å². The van der Waals surface area contributed by atoms with Gasteiger partial charge in [0.25, 0.3) is 23.6 Å². The highest BCUT2D eigenvalue weighted by atomic mass is 32.2. The number of allylic oxidation sites excluding steroid dienone is 9. The number of esters is 2. The molecule has 2 aliphatic heterocycles. The number of fused-ring (bicyclic) bond motifs is 2. The molecule has 6 aromatic carbocycles. The summed E-state index contributed by atoms with van der Waals surface area (Å²) in [6, 6.07) is 30.0. The molecule has 0 spiro atoms. The molecule has 2 N–H and O–H groups in total. The smallest absolute Gasteiger partial charge is 0.339 e. The maximum atomic E-state index is 13.9. The molecule has 5 heterocycles. The van der Waals surface area contributed by atoms with Gasteiger partial charge in [0, 0.05) is 188 Å². The van der Waals surface area contributed by atoms with E-state index < -0.39 is 62.8 Å². The lowest BCUT2D eigenvalue weighted by Crippen LogP contribution is -2.42. The summed E-state index contributed by atoms with van der Waals surface area (Å²) in [5.74, 6) is -2.73. The molecule has 2 aliphatic carbocycles. The number of thioether (sulfide) groups is 1. The molecule has 3 aromatic heterocycles. The Morgan fingerprint density at radius 1 is 0.549 bits per heavy atom. The van der Waals surface area contributed by atoms with E-state index in [0.717, 1.165) is 17.1 Å². The van der Waals surface area contributed by atoms with E-state index >= 15 is 0 Å². The minimum absolute atomic E-state index is 0. The van der Waals surface area contributed by atoms with Crippen LogP contribution in [0, 0.1) is 23.2 Å². The number of ether oxygens (including phenoxy) is 2. The van der Waals surface area contributed by atoms with Crippen molar-refractivity contribution in [2.75, 3.05) is 44.2 Å². The third-order valence-electron chi connectivity index (χ3n) is 21.6. The summed E-state index contributed by atoms with van der Waals surface area (Å²) < 4.78 is 21.3.